The molecule has 0 aliphatic rings. The van der Waals surface area contributed by atoms with Gasteiger partial charge in [-0.2, -0.15) is 5.26 Å². The molecule has 0 bridgehead atoms. The van der Waals surface area contributed by atoms with Crippen molar-refractivity contribution in [1.29, 1.82) is 5.26 Å². The summed E-state index contributed by atoms with van der Waals surface area (Å²) < 4.78 is 0. The minimum Gasteiger partial charge on any atom is -0.326 e. The third kappa shape index (κ3) is 4.47. The largest absolute Gasteiger partial charge is 0.326 e. The van der Waals surface area contributed by atoms with Crippen molar-refractivity contribution in [3.05, 3.63) is 65.7 Å². The molecule has 0 aromatic heterocycles. The lowest BCUT2D eigenvalue weighted by atomic mass is 9.97. The number of carbonyl (C=O) groups is 1. The lowest BCUT2D eigenvalue weighted by Crippen LogP contribution is -2.14. The second-order valence-electron chi connectivity index (χ2n) is 5.10. The van der Waals surface area contributed by atoms with Gasteiger partial charge in [-0.3, -0.25) is 4.79 Å². The van der Waals surface area contributed by atoms with E-state index in [0.29, 0.717) is 12.8 Å². The third-order valence-corrected chi connectivity index (χ3v) is 3.38. The molecule has 2 aromatic rings. The van der Waals surface area contributed by atoms with Crippen LogP contribution in [0.15, 0.2) is 54.6 Å². The van der Waals surface area contributed by atoms with Crippen molar-refractivity contribution < 1.29 is 4.79 Å². The van der Waals surface area contributed by atoms with Gasteiger partial charge in [0, 0.05) is 12.1 Å². The molecule has 0 saturated heterocycles. The summed E-state index contributed by atoms with van der Waals surface area (Å²) in [5.41, 5.74) is 2.88. The van der Waals surface area contributed by atoms with Crippen molar-refractivity contribution >= 4 is 11.6 Å². The number of nitrogens with zero attached hydrogens (tertiary/aromatic N) is 1. The van der Waals surface area contributed by atoms with Gasteiger partial charge >= 0.3 is 0 Å². The van der Waals surface area contributed by atoms with Crippen molar-refractivity contribution in [2.75, 3.05) is 5.32 Å². The molecule has 1 N–H and O–H groups in total. The number of carbonyl (C=O) groups excluding carboxylic acids is 1. The molecule has 1 unspecified atom stereocenters. The van der Waals surface area contributed by atoms with Gasteiger partial charge in [0.25, 0.3) is 0 Å². The molecule has 2 aromatic carbocycles. The van der Waals surface area contributed by atoms with Crippen molar-refractivity contribution in [2.45, 2.75) is 25.7 Å². The van der Waals surface area contributed by atoms with Crippen LogP contribution in [-0.2, 0) is 11.2 Å². The lowest BCUT2D eigenvalue weighted by molar-refractivity contribution is -0.116. The average molecular weight is 278 g/mol. The van der Waals surface area contributed by atoms with E-state index in [1.54, 1.807) is 0 Å². The van der Waals surface area contributed by atoms with Crippen LogP contribution in [0.5, 0.6) is 0 Å². The molecule has 3 heteroatoms. The highest BCUT2D eigenvalue weighted by Crippen LogP contribution is 2.19. The number of amides is 1. The first-order chi connectivity index (χ1) is 10.2. The average Bonchev–Trinajstić information content (AvgIpc) is 2.50. The SMILES string of the molecule is CC(CC(=O)Nc1ccc(CC#N)cc1)c1ccccc1. The van der Waals surface area contributed by atoms with Crippen molar-refractivity contribution in [3.63, 3.8) is 0 Å². The molecule has 2 rings (SSSR count). The second kappa shape index (κ2) is 7.25. The van der Waals surface area contributed by atoms with Crippen LogP contribution in [0.1, 0.15) is 30.4 Å². The molecular weight excluding hydrogens is 260 g/mol. The number of nitriles is 1. The lowest BCUT2D eigenvalue weighted by Gasteiger charge is -2.12. The minimum absolute atomic E-state index is 0.000568. The number of hydrogen-bond donors (Lipinski definition) is 1. The van der Waals surface area contributed by atoms with E-state index in [1.165, 1.54) is 0 Å². The van der Waals surface area contributed by atoms with Crippen LogP contribution >= 0.6 is 0 Å². The maximum absolute atomic E-state index is 12.0. The van der Waals surface area contributed by atoms with E-state index < -0.39 is 0 Å². The Morgan fingerprint density at radius 3 is 2.43 bits per heavy atom. The van der Waals surface area contributed by atoms with E-state index in [-0.39, 0.29) is 11.8 Å². The van der Waals surface area contributed by atoms with Crippen molar-refractivity contribution in [1.82, 2.24) is 0 Å². The molecule has 1 atom stereocenters. The molecule has 0 heterocycles. The van der Waals surface area contributed by atoms with Crippen LogP contribution in [0.25, 0.3) is 0 Å². The van der Waals surface area contributed by atoms with Crippen molar-refractivity contribution in [2.24, 2.45) is 0 Å². The number of rotatable bonds is 5. The summed E-state index contributed by atoms with van der Waals surface area (Å²) in [5, 5.41) is 11.5. The van der Waals surface area contributed by atoms with Gasteiger partial charge in [0.2, 0.25) is 5.91 Å². The fourth-order valence-electron chi connectivity index (χ4n) is 2.19. The topological polar surface area (TPSA) is 52.9 Å². The normalized spacial score (nSPS) is 11.4. The van der Waals surface area contributed by atoms with Crippen LogP contribution in [0, 0.1) is 11.3 Å². The molecule has 1 amide bonds. The predicted molar refractivity (Wildman–Crippen MR) is 83.9 cm³/mol. The Morgan fingerprint density at radius 1 is 1.14 bits per heavy atom. The quantitative estimate of drug-likeness (QED) is 0.902. The van der Waals surface area contributed by atoms with E-state index in [2.05, 4.69) is 11.4 Å². The number of benzene rings is 2. The van der Waals surface area contributed by atoms with E-state index in [1.807, 2.05) is 61.5 Å². The summed E-state index contributed by atoms with van der Waals surface area (Å²) in [6.45, 7) is 2.05. The fraction of sp³-hybridized carbons (Fsp3) is 0.222. The highest BCUT2D eigenvalue weighted by atomic mass is 16.1. The Labute approximate surface area is 125 Å². The molecule has 21 heavy (non-hydrogen) atoms. The maximum Gasteiger partial charge on any atom is 0.224 e. The Morgan fingerprint density at radius 2 is 1.81 bits per heavy atom. The van der Waals surface area contributed by atoms with E-state index >= 15 is 0 Å². The second-order valence-corrected chi connectivity index (χ2v) is 5.10. The number of hydrogen-bond acceptors (Lipinski definition) is 2. The number of anilines is 1. The zero-order chi connectivity index (χ0) is 15.1. The van der Waals surface area contributed by atoms with Crippen molar-refractivity contribution in [3.8, 4) is 6.07 Å². The molecular formula is C18H18N2O. The first-order valence-corrected chi connectivity index (χ1v) is 6.99. The van der Waals surface area contributed by atoms with Gasteiger partial charge in [0.1, 0.15) is 0 Å². The maximum atomic E-state index is 12.0. The summed E-state index contributed by atoms with van der Waals surface area (Å²) >= 11 is 0. The molecule has 0 radical (unpaired) electrons. The number of nitrogens with one attached hydrogen (secondary N) is 1. The van der Waals surface area contributed by atoms with Gasteiger partial charge in [-0.05, 0) is 29.2 Å². The van der Waals surface area contributed by atoms with E-state index in [0.717, 1.165) is 16.8 Å². The molecule has 0 saturated carbocycles. The van der Waals surface area contributed by atoms with Crippen LogP contribution < -0.4 is 5.32 Å². The van der Waals surface area contributed by atoms with Gasteiger partial charge < -0.3 is 5.32 Å². The van der Waals surface area contributed by atoms with E-state index in [4.69, 9.17) is 5.26 Å². The summed E-state index contributed by atoms with van der Waals surface area (Å²) in [6, 6.07) is 19.5. The summed E-state index contributed by atoms with van der Waals surface area (Å²) in [7, 11) is 0. The highest BCUT2D eigenvalue weighted by Gasteiger charge is 2.11. The van der Waals surface area contributed by atoms with Crippen LogP contribution in [0.2, 0.25) is 0 Å². The predicted octanol–water partition coefficient (Wildman–Crippen LogP) is 3.88. The Bertz CT molecular complexity index is 627. The van der Waals surface area contributed by atoms with Gasteiger partial charge in [0.05, 0.1) is 12.5 Å². The molecule has 0 aliphatic carbocycles. The molecule has 0 spiro atoms. The smallest absolute Gasteiger partial charge is 0.224 e. The monoisotopic (exact) mass is 278 g/mol. The molecule has 3 nitrogen and oxygen atoms in total. The van der Waals surface area contributed by atoms with Crippen LogP contribution in [-0.4, -0.2) is 5.91 Å². The van der Waals surface area contributed by atoms with Gasteiger partial charge in [-0.25, -0.2) is 0 Å². The Balaban J connectivity index is 1.91. The minimum atomic E-state index is -0.000568. The Kier molecular flexibility index (Phi) is 5.11. The van der Waals surface area contributed by atoms with Gasteiger partial charge in [-0.15, -0.1) is 0 Å². The standard InChI is InChI=1S/C18H18N2O/c1-14(16-5-3-2-4-6-16)13-18(21)20-17-9-7-15(8-10-17)11-12-19/h2-10,14H,11,13H2,1H3,(H,20,21). The summed E-state index contributed by atoms with van der Waals surface area (Å²) in [5.74, 6) is 0.184. The molecule has 0 aliphatic heterocycles. The summed E-state index contributed by atoms with van der Waals surface area (Å²) in [6.07, 6.45) is 0.837. The zero-order valence-electron chi connectivity index (χ0n) is 12.0. The molecule has 106 valence electrons. The third-order valence-electron chi connectivity index (χ3n) is 3.38. The van der Waals surface area contributed by atoms with Crippen LogP contribution in [0.4, 0.5) is 5.69 Å². The highest BCUT2D eigenvalue weighted by molar-refractivity contribution is 5.91. The fourth-order valence-corrected chi connectivity index (χ4v) is 2.19. The van der Waals surface area contributed by atoms with Gasteiger partial charge in [0.15, 0.2) is 0 Å². The van der Waals surface area contributed by atoms with Gasteiger partial charge in [-0.1, -0.05) is 49.4 Å². The Hall–Kier alpha value is -2.60. The zero-order valence-corrected chi connectivity index (χ0v) is 12.0. The van der Waals surface area contributed by atoms with E-state index in [9.17, 15) is 4.79 Å². The summed E-state index contributed by atoms with van der Waals surface area (Å²) in [4.78, 5) is 12.0. The molecule has 0 fully saturated rings. The van der Waals surface area contributed by atoms with Crippen LogP contribution in [0.3, 0.4) is 0 Å². The first-order valence-electron chi connectivity index (χ1n) is 6.99. The first kappa shape index (κ1) is 14.8.